The fourth-order valence-electron chi connectivity index (χ4n) is 3.85. The summed E-state index contributed by atoms with van der Waals surface area (Å²) in [6.45, 7) is 9.88. The molecule has 0 bridgehead atoms. The topological polar surface area (TPSA) is 146 Å². The Morgan fingerprint density at radius 3 is 1.58 bits per heavy atom. The number of hydrogen-bond donors (Lipinski definition) is 3. The highest BCUT2D eigenvalue weighted by Crippen LogP contribution is 2.39. The van der Waals surface area contributed by atoms with Crippen molar-refractivity contribution in [3.8, 4) is 0 Å². The summed E-state index contributed by atoms with van der Waals surface area (Å²) in [5, 5.41) is 29.8. The molecule has 0 saturated heterocycles. The van der Waals surface area contributed by atoms with Crippen molar-refractivity contribution in [1.82, 2.24) is 0 Å². The van der Waals surface area contributed by atoms with E-state index in [2.05, 4.69) is 13.2 Å². The summed E-state index contributed by atoms with van der Waals surface area (Å²) in [5.74, 6) is -6.98. The van der Waals surface area contributed by atoms with Crippen LogP contribution >= 0.6 is 0 Å². The normalized spacial score (nSPS) is 10.7. The monoisotopic (exact) mass is 446 g/mol. The van der Waals surface area contributed by atoms with Crippen LogP contribution in [0.25, 0.3) is 21.5 Å². The highest BCUT2D eigenvalue weighted by atomic mass is 16.4. The van der Waals surface area contributed by atoms with E-state index in [1.165, 1.54) is 19.9 Å². The third-order valence-electron chi connectivity index (χ3n) is 5.19. The van der Waals surface area contributed by atoms with Gasteiger partial charge in [0.05, 0.1) is 16.7 Å². The first kappa shape index (κ1) is 23.1. The lowest BCUT2D eigenvalue weighted by Crippen LogP contribution is -2.22. The molecule has 0 fully saturated rings. The number of carboxylic acids is 3. The van der Waals surface area contributed by atoms with E-state index in [1.54, 1.807) is 24.3 Å². The van der Waals surface area contributed by atoms with Crippen LogP contribution in [0.2, 0.25) is 0 Å². The molecule has 0 aliphatic rings. The number of carbonyl (C=O) groups is 5. The van der Waals surface area contributed by atoms with Gasteiger partial charge < -0.3 is 15.3 Å². The van der Waals surface area contributed by atoms with Gasteiger partial charge in [-0.2, -0.15) is 0 Å². The summed E-state index contributed by atoms with van der Waals surface area (Å²) in [6, 6.07) is 7.72. The highest BCUT2D eigenvalue weighted by Gasteiger charge is 2.35. The van der Waals surface area contributed by atoms with E-state index >= 15 is 0 Å². The summed E-state index contributed by atoms with van der Waals surface area (Å²) >= 11 is 0. The molecule has 3 rings (SSSR count). The predicted molar refractivity (Wildman–Crippen MR) is 121 cm³/mol. The van der Waals surface area contributed by atoms with E-state index in [9.17, 15) is 39.3 Å². The first-order chi connectivity index (χ1) is 15.4. The van der Waals surface area contributed by atoms with Crippen molar-refractivity contribution < 1.29 is 39.3 Å². The number of benzene rings is 3. The number of allylic oxidation sites excluding steroid dienone is 2. The van der Waals surface area contributed by atoms with E-state index < -0.39 is 51.7 Å². The lowest BCUT2D eigenvalue weighted by Gasteiger charge is -2.20. The molecule has 3 aromatic rings. The van der Waals surface area contributed by atoms with Gasteiger partial charge in [-0.1, -0.05) is 37.4 Å². The Kier molecular flexibility index (Phi) is 5.71. The second-order valence-corrected chi connectivity index (χ2v) is 7.53. The second-order valence-electron chi connectivity index (χ2n) is 7.53. The zero-order valence-electron chi connectivity index (χ0n) is 17.7. The molecule has 166 valence electrons. The number of aromatic carboxylic acids is 3. The van der Waals surface area contributed by atoms with Gasteiger partial charge in [-0.05, 0) is 47.2 Å². The molecule has 0 heterocycles. The van der Waals surface area contributed by atoms with E-state index in [0.29, 0.717) is 10.8 Å². The SMILES string of the molecule is C=C(C)C(=O)c1c(C(=O)O)c(C(=O)O)c(C(=O)O)c2cc3ccccc3c(C(=O)C(=C)C)c12. The van der Waals surface area contributed by atoms with Crippen LogP contribution < -0.4 is 0 Å². The first-order valence-corrected chi connectivity index (χ1v) is 9.55. The van der Waals surface area contributed by atoms with E-state index in [1.807, 2.05) is 0 Å². The molecule has 0 spiro atoms. The van der Waals surface area contributed by atoms with Crippen LogP contribution in [0.4, 0.5) is 0 Å². The number of carboxylic acid groups (broad SMARTS) is 3. The van der Waals surface area contributed by atoms with Crippen LogP contribution in [-0.4, -0.2) is 44.8 Å². The number of ketones is 2. The third-order valence-corrected chi connectivity index (χ3v) is 5.19. The van der Waals surface area contributed by atoms with Crippen molar-refractivity contribution in [3.63, 3.8) is 0 Å². The number of Topliss-reactive ketones (excluding diaryl/α,β-unsaturated/α-hetero) is 2. The lowest BCUT2D eigenvalue weighted by molar-refractivity contribution is 0.0633. The Bertz CT molecular complexity index is 1470. The van der Waals surface area contributed by atoms with Crippen LogP contribution in [0.15, 0.2) is 54.6 Å². The fourth-order valence-corrected chi connectivity index (χ4v) is 3.85. The Morgan fingerprint density at radius 2 is 1.09 bits per heavy atom. The standard InChI is InChI=1S/C25H18O8/c1-10(2)21(26)16-13-8-6-5-7-12(13)9-14-15(16)18(22(27)11(3)4)20(25(32)33)19(24(30)31)17(14)23(28)29/h5-9H,1,3H2,2,4H3,(H,28,29)(H,30,31)(H,32,33). The van der Waals surface area contributed by atoms with Crippen molar-refractivity contribution in [3.05, 3.63) is 82.5 Å². The minimum absolute atomic E-state index is 0.0532. The largest absolute Gasteiger partial charge is 0.478 e. The van der Waals surface area contributed by atoms with E-state index in [-0.39, 0.29) is 27.5 Å². The third kappa shape index (κ3) is 3.57. The summed E-state index contributed by atoms with van der Waals surface area (Å²) in [7, 11) is 0. The number of rotatable bonds is 7. The fraction of sp³-hybridized carbons (Fsp3) is 0.0800. The van der Waals surface area contributed by atoms with Gasteiger partial charge in [0.25, 0.3) is 0 Å². The van der Waals surface area contributed by atoms with Gasteiger partial charge in [-0.3, -0.25) is 9.59 Å². The molecule has 0 unspecified atom stereocenters. The zero-order valence-corrected chi connectivity index (χ0v) is 17.7. The van der Waals surface area contributed by atoms with E-state index in [4.69, 9.17) is 0 Å². The van der Waals surface area contributed by atoms with Crippen molar-refractivity contribution in [2.24, 2.45) is 0 Å². The van der Waals surface area contributed by atoms with Crippen LogP contribution in [0.5, 0.6) is 0 Å². The van der Waals surface area contributed by atoms with Crippen LogP contribution in [-0.2, 0) is 0 Å². The maximum atomic E-state index is 13.3. The van der Waals surface area contributed by atoms with Gasteiger partial charge in [-0.25, -0.2) is 14.4 Å². The smallest absolute Gasteiger partial charge is 0.337 e. The Morgan fingerprint density at radius 1 is 0.636 bits per heavy atom. The number of fused-ring (bicyclic) bond motifs is 2. The van der Waals surface area contributed by atoms with Gasteiger partial charge in [-0.15, -0.1) is 0 Å². The molecule has 0 aliphatic carbocycles. The maximum Gasteiger partial charge on any atom is 0.337 e. The average Bonchev–Trinajstić information content (AvgIpc) is 2.74. The highest BCUT2D eigenvalue weighted by molar-refractivity contribution is 6.34. The molecule has 8 heteroatoms. The first-order valence-electron chi connectivity index (χ1n) is 9.55. The lowest BCUT2D eigenvalue weighted by atomic mass is 9.81. The van der Waals surface area contributed by atoms with Gasteiger partial charge >= 0.3 is 17.9 Å². The van der Waals surface area contributed by atoms with Gasteiger partial charge in [0.1, 0.15) is 0 Å². The minimum atomic E-state index is -1.84. The van der Waals surface area contributed by atoms with Crippen LogP contribution in [0.1, 0.15) is 65.6 Å². The van der Waals surface area contributed by atoms with Crippen molar-refractivity contribution in [2.45, 2.75) is 13.8 Å². The molecule has 0 aliphatic heterocycles. The number of hydrogen-bond acceptors (Lipinski definition) is 5. The number of carbonyl (C=O) groups excluding carboxylic acids is 2. The molecular weight excluding hydrogens is 428 g/mol. The summed E-state index contributed by atoms with van der Waals surface area (Å²) < 4.78 is 0. The summed E-state index contributed by atoms with van der Waals surface area (Å²) in [6.07, 6.45) is 0. The molecule has 0 radical (unpaired) electrons. The summed E-state index contributed by atoms with van der Waals surface area (Å²) in [5.41, 5.74) is -3.74. The van der Waals surface area contributed by atoms with Gasteiger partial charge in [0.15, 0.2) is 11.6 Å². The summed E-state index contributed by atoms with van der Waals surface area (Å²) in [4.78, 5) is 63.0. The average molecular weight is 446 g/mol. The Balaban J connectivity index is 2.92. The molecule has 0 saturated carbocycles. The molecule has 3 aromatic carbocycles. The molecule has 8 nitrogen and oxygen atoms in total. The zero-order chi connectivity index (χ0) is 24.8. The van der Waals surface area contributed by atoms with Crippen LogP contribution in [0.3, 0.4) is 0 Å². The molecule has 33 heavy (non-hydrogen) atoms. The molecule has 0 aromatic heterocycles. The Labute approximate surface area is 187 Å². The van der Waals surface area contributed by atoms with Crippen molar-refractivity contribution in [1.29, 1.82) is 0 Å². The van der Waals surface area contributed by atoms with Gasteiger partial charge in [0, 0.05) is 16.5 Å². The van der Waals surface area contributed by atoms with Crippen molar-refractivity contribution >= 4 is 51.0 Å². The molecule has 0 atom stereocenters. The quantitative estimate of drug-likeness (QED) is 0.271. The van der Waals surface area contributed by atoms with E-state index in [0.717, 1.165) is 0 Å². The predicted octanol–water partition coefficient (Wildman–Crippen LogP) is 4.61. The second kappa shape index (κ2) is 8.16. The maximum absolute atomic E-state index is 13.3. The van der Waals surface area contributed by atoms with Crippen molar-refractivity contribution in [2.75, 3.05) is 0 Å². The van der Waals surface area contributed by atoms with Gasteiger partial charge in [0.2, 0.25) is 0 Å². The van der Waals surface area contributed by atoms with Crippen LogP contribution in [0, 0.1) is 0 Å². The molecule has 3 N–H and O–H groups in total. The molecular formula is C25H18O8. The Hall–Kier alpha value is -4.59. The molecule has 0 amide bonds. The minimum Gasteiger partial charge on any atom is -0.478 e.